The van der Waals surface area contributed by atoms with Gasteiger partial charge in [-0.15, -0.1) is 0 Å². The second-order valence-corrected chi connectivity index (χ2v) is 6.18. The van der Waals surface area contributed by atoms with Gasteiger partial charge in [0, 0.05) is 24.3 Å². The molecule has 0 bridgehead atoms. The summed E-state index contributed by atoms with van der Waals surface area (Å²) in [7, 11) is 0. The topological polar surface area (TPSA) is 71.2 Å². The molecule has 21 heavy (non-hydrogen) atoms. The van der Waals surface area contributed by atoms with E-state index >= 15 is 0 Å². The number of carbonyl (C=O) groups excluding carboxylic acids is 1. The maximum atomic E-state index is 11.9. The number of anilines is 1. The maximum Gasteiger partial charge on any atom is 0.252 e. The minimum Gasteiger partial charge on any atom is -0.365 e. The van der Waals surface area contributed by atoms with Crippen molar-refractivity contribution in [2.24, 2.45) is 5.73 Å². The molecule has 1 fully saturated rings. The van der Waals surface area contributed by atoms with E-state index in [1.807, 2.05) is 19.9 Å². The predicted molar refractivity (Wildman–Crippen MR) is 85.7 cm³/mol. The molecule has 1 aliphatic rings. The molecule has 0 saturated carbocycles. The van der Waals surface area contributed by atoms with Gasteiger partial charge in [-0.3, -0.25) is 4.79 Å². The van der Waals surface area contributed by atoms with Crippen molar-refractivity contribution in [3.63, 3.8) is 0 Å². The highest BCUT2D eigenvalue weighted by Gasteiger charge is 2.25. The number of pyridine rings is 1. The third kappa shape index (κ3) is 3.53. The van der Waals surface area contributed by atoms with Gasteiger partial charge in [0.05, 0.1) is 5.56 Å². The first-order valence-electron chi connectivity index (χ1n) is 7.68. The van der Waals surface area contributed by atoms with Crippen LogP contribution in [0.1, 0.15) is 48.3 Å². The molecule has 1 amide bonds. The Balaban J connectivity index is 2.41. The standard InChI is InChI=1S/C16H26N4O/c1-10(2)20(9-13-6-5-7-18-13)16-14(15(17)21)11(3)8-12(4)19-16/h8,10,13,18H,5-7,9H2,1-4H3,(H2,17,21). The first kappa shape index (κ1) is 15.8. The van der Waals surface area contributed by atoms with Crippen LogP contribution in [0.3, 0.4) is 0 Å². The molecule has 5 nitrogen and oxygen atoms in total. The molecule has 2 heterocycles. The smallest absolute Gasteiger partial charge is 0.252 e. The summed E-state index contributed by atoms with van der Waals surface area (Å²) in [6, 6.07) is 2.63. The lowest BCUT2D eigenvalue weighted by molar-refractivity contribution is 0.1000. The molecule has 3 N–H and O–H groups in total. The largest absolute Gasteiger partial charge is 0.365 e. The molecule has 0 aromatic carbocycles. The summed E-state index contributed by atoms with van der Waals surface area (Å²) in [5.41, 5.74) is 7.95. The van der Waals surface area contributed by atoms with E-state index in [1.54, 1.807) is 0 Å². The Bertz CT molecular complexity index is 521. The van der Waals surface area contributed by atoms with E-state index in [9.17, 15) is 4.79 Å². The SMILES string of the molecule is Cc1cc(C)c(C(N)=O)c(N(CC2CCCN2)C(C)C)n1. The Morgan fingerprint density at radius 1 is 1.52 bits per heavy atom. The average Bonchev–Trinajstić information content (AvgIpc) is 2.86. The molecule has 1 atom stereocenters. The number of nitrogens with two attached hydrogens (primary N) is 1. The van der Waals surface area contributed by atoms with E-state index in [0.717, 1.165) is 30.2 Å². The first-order valence-corrected chi connectivity index (χ1v) is 7.68. The molecule has 0 spiro atoms. The maximum absolute atomic E-state index is 11.9. The molecule has 2 rings (SSSR count). The Hall–Kier alpha value is -1.62. The van der Waals surface area contributed by atoms with Crippen molar-refractivity contribution in [2.45, 2.75) is 52.6 Å². The van der Waals surface area contributed by atoms with Crippen molar-refractivity contribution < 1.29 is 4.79 Å². The monoisotopic (exact) mass is 290 g/mol. The minimum absolute atomic E-state index is 0.263. The third-order valence-electron chi connectivity index (χ3n) is 4.05. The van der Waals surface area contributed by atoms with Crippen LogP contribution < -0.4 is 16.0 Å². The van der Waals surface area contributed by atoms with Crippen LogP contribution in [0.2, 0.25) is 0 Å². The molecule has 1 unspecified atom stereocenters. The highest BCUT2D eigenvalue weighted by molar-refractivity contribution is 5.99. The van der Waals surface area contributed by atoms with E-state index in [1.165, 1.54) is 12.8 Å². The summed E-state index contributed by atoms with van der Waals surface area (Å²) < 4.78 is 0. The molecule has 0 aliphatic carbocycles. The number of hydrogen-bond donors (Lipinski definition) is 2. The summed E-state index contributed by atoms with van der Waals surface area (Å²) in [4.78, 5) is 18.7. The van der Waals surface area contributed by atoms with Crippen LogP contribution in [0.15, 0.2) is 6.07 Å². The first-order chi connectivity index (χ1) is 9.90. The zero-order valence-corrected chi connectivity index (χ0v) is 13.4. The molecule has 5 heteroatoms. The number of primary amides is 1. The van der Waals surface area contributed by atoms with Crippen LogP contribution in [0, 0.1) is 13.8 Å². The van der Waals surface area contributed by atoms with Crippen molar-refractivity contribution >= 4 is 11.7 Å². The number of hydrogen-bond acceptors (Lipinski definition) is 4. The Morgan fingerprint density at radius 2 is 2.24 bits per heavy atom. The highest BCUT2D eigenvalue weighted by atomic mass is 16.1. The molecule has 1 aromatic rings. The second-order valence-electron chi connectivity index (χ2n) is 6.18. The van der Waals surface area contributed by atoms with Crippen molar-refractivity contribution in [1.82, 2.24) is 10.3 Å². The number of carbonyl (C=O) groups is 1. The van der Waals surface area contributed by atoms with Crippen LogP contribution in [-0.2, 0) is 0 Å². The lowest BCUT2D eigenvalue weighted by Gasteiger charge is -2.32. The zero-order chi connectivity index (χ0) is 15.6. The number of aromatic nitrogens is 1. The number of rotatable bonds is 5. The summed E-state index contributed by atoms with van der Waals surface area (Å²) in [6.45, 7) is 10.0. The summed E-state index contributed by atoms with van der Waals surface area (Å²) >= 11 is 0. The van der Waals surface area contributed by atoms with Gasteiger partial charge in [-0.2, -0.15) is 0 Å². The van der Waals surface area contributed by atoms with Crippen LogP contribution in [0.25, 0.3) is 0 Å². The van der Waals surface area contributed by atoms with Crippen LogP contribution in [0.5, 0.6) is 0 Å². The number of nitrogens with one attached hydrogen (secondary N) is 1. The highest BCUT2D eigenvalue weighted by Crippen LogP contribution is 2.25. The van der Waals surface area contributed by atoms with E-state index in [-0.39, 0.29) is 6.04 Å². The number of nitrogens with zero attached hydrogens (tertiary/aromatic N) is 2. The van der Waals surface area contributed by atoms with Crippen molar-refractivity contribution in [3.8, 4) is 0 Å². The summed E-state index contributed by atoms with van der Waals surface area (Å²) in [5, 5.41) is 3.50. The van der Waals surface area contributed by atoms with E-state index in [0.29, 0.717) is 11.6 Å². The Labute approximate surface area is 126 Å². The second kappa shape index (κ2) is 6.43. The van der Waals surface area contributed by atoms with Gasteiger partial charge < -0.3 is 16.0 Å². The molecular formula is C16H26N4O. The molecule has 0 radical (unpaired) electrons. The molecule has 1 aromatic heterocycles. The Kier molecular flexibility index (Phi) is 4.83. The van der Waals surface area contributed by atoms with Crippen molar-refractivity contribution in [3.05, 3.63) is 22.9 Å². The average molecular weight is 290 g/mol. The van der Waals surface area contributed by atoms with Gasteiger partial charge in [0.2, 0.25) is 0 Å². The molecule has 1 saturated heterocycles. The number of amides is 1. The summed E-state index contributed by atoms with van der Waals surface area (Å²) in [5.74, 6) is 0.323. The van der Waals surface area contributed by atoms with Gasteiger partial charge in [-0.1, -0.05) is 0 Å². The quantitative estimate of drug-likeness (QED) is 0.867. The lowest BCUT2D eigenvalue weighted by atomic mass is 10.1. The van der Waals surface area contributed by atoms with E-state index in [4.69, 9.17) is 5.73 Å². The zero-order valence-electron chi connectivity index (χ0n) is 13.4. The summed E-state index contributed by atoms with van der Waals surface area (Å²) in [6.07, 6.45) is 2.37. The fourth-order valence-electron chi connectivity index (χ4n) is 3.02. The van der Waals surface area contributed by atoms with Crippen molar-refractivity contribution in [2.75, 3.05) is 18.0 Å². The van der Waals surface area contributed by atoms with Gasteiger partial charge in [-0.25, -0.2) is 4.98 Å². The van der Waals surface area contributed by atoms with Crippen LogP contribution in [-0.4, -0.2) is 36.1 Å². The lowest BCUT2D eigenvalue weighted by Crippen LogP contribution is -2.43. The third-order valence-corrected chi connectivity index (χ3v) is 4.05. The minimum atomic E-state index is -0.403. The fourth-order valence-corrected chi connectivity index (χ4v) is 3.02. The van der Waals surface area contributed by atoms with Gasteiger partial charge in [-0.05, 0) is 58.7 Å². The molecule has 116 valence electrons. The van der Waals surface area contributed by atoms with Crippen molar-refractivity contribution in [1.29, 1.82) is 0 Å². The molecular weight excluding hydrogens is 264 g/mol. The van der Waals surface area contributed by atoms with Gasteiger partial charge >= 0.3 is 0 Å². The van der Waals surface area contributed by atoms with Gasteiger partial charge in [0.15, 0.2) is 0 Å². The van der Waals surface area contributed by atoms with Gasteiger partial charge in [0.1, 0.15) is 5.82 Å². The Morgan fingerprint density at radius 3 is 2.76 bits per heavy atom. The van der Waals surface area contributed by atoms with E-state index < -0.39 is 5.91 Å². The van der Waals surface area contributed by atoms with E-state index in [2.05, 4.69) is 29.0 Å². The number of aryl methyl sites for hydroxylation is 2. The van der Waals surface area contributed by atoms with Crippen LogP contribution in [0.4, 0.5) is 5.82 Å². The predicted octanol–water partition coefficient (Wildman–Crippen LogP) is 1.76. The molecule has 1 aliphatic heterocycles. The van der Waals surface area contributed by atoms with Gasteiger partial charge in [0.25, 0.3) is 5.91 Å². The normalized spacial score (nSPS) is 18.2. The fraction of sp³-hybridized carbons (Fsp3) is 0.625. The van der Waals surface area contributed by atoms with Crippen LogP contribution >= 0.6 is 0 Å².